The molecule has 47 heavy (non-hydrogen) atoms. The predicted octanol–water partition coefficient (Wildman–Crippen LogP) is 6.81. The monoisotopic (exact) mass is 673 g/mol. The number of anilines is 1. The molecule has 1 amide bonds. The van der Waals surface area contributed by atoms with Crippen LogP contribution in [-0.2, 0) is 32.2 Å². The summed E-state index contributed by atoms with van der Waals surface area (Å²) in [5.41, 5.74) is 5.95. The van der Waals surface area contributed by atoms with E-state index >= 15 is 0 Å². The van der Waals surface area contributed by atoms with Crippen molar-refractivity contribution in [2.45, 2.75) is 81.7 Å². The summed E-state index contributed by atoms with van der Waals surface area (Å²) in [5.74, 6) is -0.0449. The maximum atomic E-state index is 15.0. The number of nitrogens with two attached hydrogens (primary N) is 1. The normalized spacial score (nSPS) is 23.4. The maximum absolute atomic E-state index is 15.0. The summed E-state index contributed by atoms with van der Waals surface area (Å²) in [6, 6.07) is 23.1. The summed E-state index contributed by atoms with van der Waals surface area (Å²) in [5, 5.41) is 0.216. The Balaban J connectivity index is 1.53. The van der Waals surface area contributed by atoms with E-state index in [9.17, 15) is 18.0 Å². The number of carbonyl (C=O) groups excluding carboxylic acids is 1. The van der Waals surface area contributed by atoms with Gasteiger partial charge in [-0.25, -0.2) is 4.79 Å². The van der Waals surface area contributed by atoms with Crippen LogP contribution in [0.25, 0.3) is 0 Å². The lowest BCUT2D eigenvalue weighted by molar-refractivity contribution is -0.276. The molecule has 6 atom stereocenters. The molecule has 3 aromatic rings. The van der Waals surface area contributed by atoms with Crippen LogP contribution in [0.3, 0.4) is 0 Å². The van der Waals surface area contributed by atoms with Crippen molar-refractivity contribution < 1.29 is 41.7 Å². The van der Waals surface area contributed by atoms with Gasteiger partial charge in [0.05, 0.1) is 13.2 Å². The minimum atomic E-state index is -4.88. The number of amides is 1. The van der Waals surface area contributed by atoms with E-state index in [0.717, 1.165) is 22.9 Å². The Bertz CT molecular complexity index is 1510. The average Bonchev–Trinajstić information content (AvgIpc) is 3.45. The van der Waals surface area contributed by atoms with E-state index in [1.807, 2.05) is 60.7 Å². The minimum Gasteiger partial charge on any atom is -0.478 e. The summed E-state index contributed by atoms with van der Waals surface area (Å²) in [6.45, 7) is 5.24. The molecule has 3 aromatic carbocycles. The Morgan fingerprint density at radius 2 is 1.47 bits per heavy atom. The number of rotatable bonds is 9. The van der Waals surface area contributed by atoms with E-state index in [1.165, 1.54) is 36.2 Å². The molecule has 1 fully saturated rings. The van der Waals surface area contributed by atoms with E-state index in [-0.39, 0.29) is 24.1 Å². The molecule has 6 unspecified atom stereocenters. The lowest BCUT2D eigenvalue weighted by Crippen LogP contribution is -2.63. The molecule has 0 radical (unpaired) electrons. The van der Waals surface area contributed by atoms with Gasteiger partial charge in [-0.05, 0) is 56.2 Å². The maximum Gasteiger partial charge on any atom is 0.428 e. The van der Waals surface area contributed by atoms with Gasteiger partial charge in [0, 0.05) is 12.7 Å². The van der Waals surface area contributed by atoms with Gasteiger partial charge in [0.1, 0.15) is 41.1 Å². The lowest BCUT2D eigenvalue weighted by atomic mass is 9.93. The Labute approximate surface area is 276 Å². The van der Waals surface area contributed by atoms with Crippen LogP contribution in [0.1, 0.15) is 31.9 Å². The third-order valence-electron chi connectivity index (χ3n) is 7.32. The molecule has 9 nitrogen and oxygen atoms in total. The fourth-order valence-electron chi connectivity index (χ4n) is 5.09. The fraction of sp³-hybridized carbons (Fsp3) is 0.412. The number of benzene rings is 3. The first-order chi connectivity index (χ1) is 22.3. The second-order valence-electron chi connectivity index (χ2n) is 12.2. The highest BCUT2D eigenvalue weighted by molar-refractivity contribution is 8.14. The molecule has 2 N–H and O–H groups in total. The molecule has 2 heterocycles. The van der Waals surface area contributed by atoms with Crippen molar-refractivity contribution in [3.63, 3.8) is 0 Å². The summed E-state index contributed by atoms with van der Waals surface area (Å²) in [7, 11) is 1.49. The van der Waals surface area contributed by atoms with Crippen molar-refractivity contribution in [2.24, 2.45) is 4.99 Å². The van der Waals surface area contributed by atoms with E-state index < -0.39 is 53.8 Å². The Hall–Kier alpha value is -3.78. The molecule has 0 aliphatic carbocycles. The topological polar surface area (TPSA) is 105 Å². The number of hydrogen-bond donors (Lipinski definition) is 1. The number of nitrogens with zero attached hydrogens (tertiary/aromatic N) is 2. The zero-order valence-corrected chi connectivity index (χ0v) is 27.2. The number of hydrogen-bond acceptors (Lipinski definition) is 9. The first-order valence-electron chi connectivity index (χ1n) is 15.0. The molecular weight excluding hydrogens is 635 g/mol. The summed E-state index contributed by atoms with van der Waals surface area (Å²) in [4.78, 5) is 18.9. The Kier molecular flexibility index (Phi) is 10.7. The third kappa shape index (κ3) is 8.98. The van der Waals surface area contributed by atoms with E-state index in [4.69, 9.17) is 34.4 Å². The van der Waals surface area contributed by atoms with Crippen LogP contribution in [0.5, 0.6) is 5.75 Å². The van der Waals surface area contributed by atoms with Crippen molar-refractivity contribution >= 4 is 28.7 Å². The fourth-order valence-corrected chi connectivity index (χ4v) is 6.25. The molecule has 252 valence electrons. The van der Waals surface area contributed by atoms with Crippen LogP contribution < -0.4 is 10.5 Å². The van der Waals surface area contributed by atoms with Crippen LogP contribution >= 0.6 is 11.8 Å². The number of carbonyl (C=O) groups is 1. The standard InChI is InChI=1S/C34H38F3N3O6S/c1-33(2,3)46-32(41)40(4)31-39-25-26(42-19-21-11-7-5-8-12-21)27(43-20-22-13-9-6-10-14-22)28(45-30(25)47-31)29(34(35,36)37)44-24-17-15-23(38)16-18-24/h5-18,25-30H,19-20,38H2,1-4H3. The Morgan fingerprint density at radius 1 is 0.915 bits per heavy atom. The van der Waals surface area contributed by atoms with Crippen LogP contribution in [0, 0.1) is 0 Å². The zero-order valence-electron chi connectivity index (χ0n) is 26.4. The van der Waals surface area contributed by atoms with Gasteiger partial charge in [0.25, 0.3) is 0 Å². The third-order valence-corrected chi connectivity index (χ3v) is 8.54. The smallest absolute Gasteiger partial charge is 0.428 e. The number of nitrogen functional groups attached to an aromatic ring is 1. The highest BCUT2D eigenvalue weighted by Gasteiger charge is 2.59. The van der Waals surface area contributed by atoms with Gasteiger partial charge < -0.3 is 29.4 Å². The Morgan fingerprint density at radius 3 is 2.00 bits per heavy atom. The van der Waals surface area contributed by atoms with Gasteiger partial charge in [-0.15, -0.1) is 0 Å². The van der Waals surface area contributed by atoms with Gasteiger partial charge in [0.15, 0.2) is 5.17 Å². The number of ether oxygens (including phenoxy) is 5. The largest absolute Gasteiger partial charge is 0.478 e. The first-order valence-corrected chi connectivity index (χ1v) is 15.9. The molecule has 2 aliphatic rings. The molecular formula is C34H38F3N3O6S. The highest BCUT2D eigenvalue weighted by atomic mass is 32.2. The molecule has 0 bridgehead atoms. The highest BCUT2D eigenvalue weighted by Crippen LogP contribution is 2.44. The van der Waals surface area contributed by atoms with Gasteiger partial charge >= 0.3 is 12.3 Å². The number of halogens is 3. The summed E-state index contributed by atoms with van der Waals surface area (Å²) in [6.07, 6.45) is -12.0. The average molecular weight is 674 g/mol. The van der Waals surface area contributed by atoms with Crippen molar-refractivity contribution in [1.82, 2.24) is 4.90 Å². The molecule has 13 heteroatoms. The second kappa shape index (κ2) is 14.5. The van der Waals surface area contributed by atoms with Crippen LogP contribution in [-0.4, -0.2) is 70.9 Å². The molecule has 1 saturated heterocycles. The van der Waals surface area contributed by atoms with Gasteiger partial charge in [-0.2, -0.15) is 13.2 Å². The van der Waals surface area contributed by atoms with Crippen LogP contribution in [0.4, 0.5) is 23.7 Å². The SMILES string of the molecule is CN(C(=O)OC(C)(C)C)C1=NC2C(OC(C(Oc3ccc(N)cc3)C(F)(F)F)C(OCc3ccccc3)C2OCc2ccccc2)S1. The number of alkyl halides is 3. The zero-order chi connectivity index (χ0) is 33.8. The van der Waals surface area contributed by atoms with Crippen molar-refractivity contribution in [3.05, 3.63) is 96.1 Å². The lowest BCUT2D eigenvalue weighted by Gasteiger charge is -2.45. The molecule has 0 spiro atoms. The van der Waals surface area contributed by atoms with Crippen molar-refractivity contribution in [1.29, 1.82) is 0 Å². The van der Waals surface area contributed by atoms with Gasteiger partial charge in [0.2, 0.25) is 6.10 Å². The number of thioether (sulfide) groups is 1. The summed E-state index contributed by atoms with van der Waals surface area (Å²) >= 11 is 1.02. The van der Waals surface area contributed by atoms with E-state index in [2.05, 4.69) is 0 Å². The molecule has 2 aliphatic heterocycles. The minimum absolute atomic E-state index is 0.0259. The van der Waals surface area contributed by atoms with E-state index in [0.29, 0.717) is 5.69 Å². The number of amidine groups is 1. The van der Waals surface area contributed by atoms with Gasteiger partial charge in [-0.1, -0.05) is 72.4 Å². The summed E-state index contributed by atoms with van der Waals surface area (Å²) < 4.78 is 75.0. The molecule has 5 rings (SSSR count). The number of aliphatic imine (C=N–C) groups is 1. The second-order valence-corrected chi connectivity index (χ2v) is 13.3. The predicted molar refractivity (Wildman–Crippen MR) is 173 cm³/mol. The molecule has 0 saturated carbocycles. The first kappa shape index (κ1) is 34.6. The van der Waals surface area contributed by atoms with Crippen LogP contribution in [0.2, 0.25) is 0 Å². The quantitative estimate of drug-likeness (QED) is 0.247. The van der Waals surface area contributed by atoms with Gasteiger partial charge in [-0.3, -0.25) is 9.89 Å². The molecule has 0 aromatic heterocycles. The van der Waals surface area contributed by atoms with Crippen molar-refractivity contribution in [2.75, 3.05) is 12.8 Å². The van der Waals surface area contributed by atoms with Crippen molar-refractivity contribution in [3.8, 4) is 5.75 Å². The van der Waals surface area contributed by atoms with Crippen LogP contribution in [0.15, 0.2) is 89.9 Å². The van der Waals surface area contributed by atoms with E-state index in [1.54, 1.807) is 20.8 Å². The number of fused-ring (bicyclic) bond motifs is 1.